The number of para-hydroxylation sites is 1. The molecule has 2 saturated heterocycles. The van der Waals surface area contributed by atoms with Crippen LogP contribution in [0.3, 0.4) is 0 Å². The van der Waals surface area contributed by atoms with E-state index in [-0.39, 0.29) is 5.60 Å². The molecule has 5 heteroatoms. The van der Waals surface area contributed by atoms with Crippen LogP contribution in [0, 0.1) is 0 Å². The number of hydrogen-bond donors (Lipinski definition) is 2. The van der Waals surface area contributed by atoms with E-state index < -0.39 is 0 Å². The van der Waals surface area contributed by atoms with Crippen molar-refractivity contribution in [3.8, 4) is 5.75 Å². The van der Waals surface area contributed by atoms with Gasteiger partial charge in [0.05, 0.1) is 0 Å². The van der Waals surface area contributed by atoms with Crippen molar-refractivity contribution in [2.75, 3.05) is 14.1 Å². The Morgan fingerprint density at radius 2 is 1.85 bits per heavy atom. The minimum Gasteiger partial charge on any atom is -0.488 e. The van der Waals surface area contributed by atoms with Gasteiger partial charge in [-0.3, -0.25) is 4.99 Å². The lowest BCUT2D eigenvalue weighted by molar-refractivity contribution is 0.0526. The summed E-state index contributed by atoms with van der Waals surface area (Å²) in [6.45, 7) is 6.93. The van der Waals surface area contributed by atoms with E-state index >= 15 is 0 Å². The van der Waals surface area contributed by atoms with E-state index in [2.05, 4.69) is 60.5 Å². The zero-order valence-electron chi connectivity index (χ0n) is 17.6. The van der Waals surface area contributed by atoms with Crippen molar-refractivity contribution < 1.29 is 4.74 Å². The average molecular weight is 373 g/mol. The highest BCUT2D eigenvalue weighted by Crippen LogP contribution is 2.32. The number of piperidine rings is 2. The Kier molecular flexibility index (Phi) is 6.30. The predicted octanol–water partition coefficient (Wildman–Crippen LogP) is 3.54. The summed E-state index contributed by atoms with van der Waals surface area (Å²) in [6, 6.07) is 10.2. The normalized spacial score (nSPS) is 26.6. The minimum atomic E-state index is -0.206. The maximum atomic E-state index is 6.11. The lowest BCUT2D eigenvalue weighted by atomic mass is 9.82. The Hall–Kier alpha value is -1.75. The van der Waals surface area contributed by atoms with Crippen LogP contribution >= 0.6 is 0 Å². The molecule has 2 atom stereocenters. The molecule has 150 valence electrons. The topological polar surface area (TPSA) is 48.9 Å². The number of fused-ring (bicyclic) bond motifs is 2. The van der Waals surface area contributed by atoms with Crippen molar-refractivity contribution in [1.29, 1.82) is 0 Å². The molecule has 2 unspecified atom stereocenters. The van der Waals surface area contributed by atoms with E-state index in [1.807, 2.05) is 19.2 Å². The summed E-state index contributed by atoms with van der Waals surface area (Å²) in [7, 11) is 4.15. The Morgan fingerprint density at radius 3 is 2.48 bits per heavy atom. The third kappa shape index (κ3) is 5.38. The van der Waals surface area contributed by atoms with Crippen LogP contribution in [-0.4, -0.2) is 48.7 Å². The Balaban J connectivity index is 1.57. The number of guanidine groups is 1. The Labute approximate surface area is 164 Å². The van der Waals surface area contributed by atoms with Gasteiger partial charge < -0.3 is 20.3 Å². The second kappa shape index (κ2) is 8.51. The van der Waals surface area contributed by atoms with Crippen LogP contribution in [0.4, 0.5) is 0 Å². The summed E-state index contributed by atoms with van der Waals surface area (Å²) in [5, 5.41) is 7.15. The predicted molar refractivity (Wildman–Crippen MR) is 112 cm³/mol. The first-order valence-corrected chi connectivity index (χ1v) is 10.3. The van der Waals surface area contributed by atoms with Gasteiger partial charge in [0.15, 0.2) is 5.96 Å². The van der Waals surface area contributed by atoms with Gasteiger partial charge in [-0.1, -0.05) is 24.6 Å². The molecule has 1 aromatic carbocycles. The second-order valence-corrected chi connectivity index (χ2v) is 8.96. The molecule has 2 heterocycles. The molecule has 2 aliphatic heterocycles. The van der Waals surface area contributed by atoms with Crippen LogP contribution in [0.1, 0.15) is 58.4 Å². The fourth-order valence-electron chi connectivity index (χ4n) is 4.38. The van der Waals surface area contributed by atoms with Crippen LogP contribution in [0.25, 0.3) is 0 Å². The van der Waals surface area contributed by atoms with Crippen LogP contribution < -0.4 is 15.4 Å². The highest BCUT2D eigenvalue weighted by Gasteiger charge is 2.36. The van der Waals surface area contributed by atoms with Crippen LogP contribution in [0.2, 0.25) is 0 Å². The van der Waals surface area contributed by atoms with E-state index in [9.17, 15) is 0 Å². The third-order valence-corrected chi connectivity index (χ3v) is 5.74. The van der Waals surface area contributed by atoms with Gasteiger partial charge in [-0.2, -0.15) is 0 Å². The fraction of sp³-hybridized carbons (Fsp3) is 0.682. The Morgan fingerprint density at radius 1 is 1.19 bits per heavy atom. The first kappa shape index (κ1) is 20.0. The van der Waals surface area contributed by atoms with Gasteiger partial charge in [-0.15, -0.1) is 0 Å². The summed E-state index contributed by atoms with van der Waals surface area (Å²) >= 11 is 0. The van der Waals surface area contributed by atoms with Crippen LogP contribution in [0.5, 0.6) is 5.75 Å². The van der Waals surface area contributed by atoms with E-state index in [4.69, 9.17) is 4.74 Å². The molecule has 2 fully saturated rings. The zero-order chi connectivity index (χ0) is 19.4. The van der Waals surface area contributed by atoms with Crippen molar-refractivity contribution in [3.63, 3.8) is 0 Å². The van der Waals surface area contributed by atoms with Gasteiger partial charge >= 0.3 is 0 Å². The maximum Gasteiger partial charge on any atom is 0.191 e. The molecular formula is C22H36N4O. The van der Waals surface area contributed by atoms with Crippen molar-refractivity contribution in [2.45, 2.75) is 83.1 Å². The standard InChI is InChI=1S/C22H36N4O/c1-22(2,3)27-20-12-7-6-9-16(20)15-24-21(23-4)25-17-13-18-10-8-11-19(14-17)26(18)5/h6-7,9,12,17-19H,8,10-11,13-15H2,1-5H3,(H2,23,24,25). The van der Waals surface area contributed by atoms with Crippen molar-refractivity contribution in [3.05, 3.63) is 29.8 Å². The van der Waals surface area contributed by atoms with E-state index in [0.29, 0.717) is 24.7 Å². The first-order chi connectivity index (χ1) is 12.9. The van der Waals surface area contributed by atoms with E-state index in [1.165, 1.54) is 32.1 Å². The number of benzene rings is 1. The zero-order valence-corrected chi connectivity index (χ0v) is 17.6. The highest BCUT2D eigenvalue weighted by molar-refractivity contribution is 5.80. The monoisotopic (exact) mass is 372 g/mol. The molecule has 2 aliphatic rings. The van der Waals surface area contributed by atoms with Gasteiger partial charge in [0.2, 0.25) is 0 Å². The molecule has 2 N–H and O–H groups in total. The summed E-state index contributed by atoms with van der Waals surface area (Å²) < 4.78 is 6.11. The van der Waals surface area contributed by atoms with E-state index in [1.54, 1.807) is 0 Å². The van der Waals surface area contributed by atoms with Crippen molar-refractivity contribution in [2.24, 2.45) is 4.99 Å². The lowest BCUT2D eigenvalue weighted by Gasteiger charge is -2.47. The van der Waals surface area contributed by atoms with Crippen LogP contribution in [-0.2, 0) is 6.54 Å². The largest absolute Gasteiger partial charge is 0.488 e. The molecule has 0 radical (unpaired) electrons. The molecule has 27 heavy (non-hydrogen) atoms. The number of nitrogens with zero attached hydrogens (tertiary/aromatic N) is 2. The Bertz CT molecular complexity index is 638. The average Bonchev–Trinajstić information content (AvgIpc) is 2.59. The SMILES string of the molecule is CN=C(NCc1ccccc1OC(C)(C)C)NC1CC2CCCC(C1)N2C. The second-order valence-electron chi connectivity index (χ2n) is 8.96. The maximum absolute atomic E-state index is 6.11. The summed E-state index contributed by atoms with van der Waals surface area (Å²) in [6.07, 6.45) is 6.45. The molecule has 0 saturated carbocycles. The van der Waals surface area contributed by atoms with E-state index in [0.717, 1.165) is 17.3 Å². The molecule has 0 aliphatic carbocycles. The number of ether oxygens (including phenoxy) is 1. The van der Waals surface area contributed by atoms with Gasteiger partial charge in [0.1, 0.15) is 11.4 Å². The molecule has 0 spiro atoms. The summed E-state index contributed by atoms with van der Waals surface area (Å²) in [4.78, 5) is 7.05. The minimum absolute atomic E-state index is 0.206. The fourth-order valence-corrected chi connectivity index (χ4v) is 4.38. The lowest BCUT2D eigenvalue weighted by Crippen LogP contribution is -2.56. The number of rotatable bonds is 4. The summed E-state index contributed by atoms with van der Waals surface area (Å²) in [5.41, 5.74) is 0.942. The highest BCUT2D eigenvalue weighted by atomic mass is 16.5. The third-order valence-electron chi connectivity index (χ3n) is 5.74. The smallest absolute Gasteiger partial charge is 0.191 e. The molecule has 3 rings (SSSR count). The van der Waals surface area contributed by atoms with Gasteiger partial charge in [-0.05, 0) is 59.6 Å². The van der Waals surface area contributed by atoms with Gasteiger partial charge in [0, 0.05) is 37.3 Å². The molecular weight excluding hydrogens is 336 g/mol. The van der Waals surface area contributed by atoms with Crippen molar-refractivity contribution in [1.82, 2.24) is 15.5 Å². The van der Waals surface area contributed by atoms with Gasteiger partial charge in [-0.25, -0.2) is 0 Å². The number of aliphatic imine (C=N–C) groups is 1. The van der Waals surface area contributed by atoms with Crippen molar-refractivity contribution >= 4 is 5.96 Å². The molecule has 5 nitrogen and oxygen atoms in total. The first-order valence-electron chi connectivity index (χ1n) is 10.3. The molecule has 1 aromatic rings. The van der Waals surface area contributed by atoms with Gasteiger partial charge in [0.25, 0.3) is 0 Å². The molecule has 0 amide bonds. The molecule has 2 bridgehead atoms. The number of hydrogen-bond acceptors (Lipinski definition) is 3. The summed E-state index contributed by atoms with van der Waals surface area (Å²) in [5.74, 6) is 1.81. The number of nitrogens with one attached hydrogen (secondary N) is 2. The molecule has 0 aromatic heterocycles. The van der Waals surface area contributed by atoms with Crippen LogP contribution in [0.15, 0.2) is 29.3 Å². The quantitative estimate of drug-likeness (QED) is 0.627.